The fourth-order valence-corrected chi connectivity index (χ4v) is 3.86. The summed E-state index contributed by atoms with van der Waals surface area (Å²) in [6, 6.07) is 19.3. The quantitative estimate of drug-likeness (QED) is 0.257. The van der Waals surface area contributed by atoms with Gasteiger partial charge in [-0.05, 0) is 53.6 Å². The zero-order valence-electron chi connectivity index (χ0n) is 19.3. The van der Waals surface area contributed by atoms with Crippen LogP contribution in [-0.4, -0.2) is 6.61 Å². The Morgan fingerprint density at radius 1 is 0.594 bits per heavy atom. The summed E-state index contributed by atoms with van der Waals surface area (Å²) in [6.45, 7) is 4.75. The summed E-state index contributed by atoms with van der Waals surface area (Å²) in [5.74, 6) is -1.79. The van der Waals surface area contributed by atoms with Gasteiger partial charge in [-0.3, -0.25) is 0 Å². The predicted octanol–water partition coefficient (Wildman–Crippen LogP) is 8.99. The van der Waals surface area contributed by atoms with E-state index in [2.05, 4.69) is 38.1 Å². The molecule has 0 atom stereocenters. The lowest BCUT2D eigenvalue weighted by Gasteiger charge is -2.11. The molecule has 3 aromatic carbocycles. The molecule has 0 N–H and O–H groups in total. The number of hydrogen-bond donors (Lipinski definition) is 0. The molecule has 0 saturated carbocycles. The van der Waals surface area contributed by atoms with E-state index < -0.39 is 11.6 Å². The van der Waals surface area contributed by atoms with Crippen LogP contribution in [0.15, 0.2) is 60.7 Å². The SMILES string of the molecule is CCCCCCOc1ccc(-c2ccc(-c3ccc(CCCCC)cc3)cc2)c(F)c1F. The van der Waals surface area contributed by atoms with Gasteiger partial charge < -0.3 is 4.74 Å². The van der Waals surface area contributed by atoms with Crippen LogP contribution in [0.3, 0.4) is 0 Å². The van der Waals surface area contributed by atoms with Crippen LogP contribution < -0.4 is 4.74 Å². The first kappa shape index (κ1) is 24.0. The third kappa shape index (κ3) is 6.41. The summed E-state index contributed by atoms with van der Waals surface area (Å²) in [5, 5.41) is 0. The first-order chi connectivity index (χ1) is 15.6. The van der Waals surface area contributed by atoms with Crippen LogP contribution in [0.5, 0.6) is 5.75 Å². The van der Waals surface area contributed by atoms with Crippen LogP contribution in [0.1, 0.15) is 64.4 Å². The van der Waals surface area contributed by atoms with Crippen molar-refractivity contribution in [1.82, 2.24) is 0 Å². The Labute approximate surface area is 191 Å². The van der Waals surface area contributed by atoms with Crippen molar-refractivity contribution in [2.45, 2.75) is 65.2 Å². The summed E-state index contributed by atoms with van der Waals surface area (Å²) in [5.41, 5.74) is 4.43. The molecule has 3 aromatic rings. The van der Waals surface area contributed by atoms with Gasteiger partial charge in [0.25, 0.3) is 0 Å². The number of ether oxygens (including phenoxy) is 1. The zero-order chi connectivity index (χ0) is 22.8. The second kappa shape index (κ2) is 12.4. The third-order valence-corrected chi connectivity index (χ3v) is 5.85. The average Bonchev–Trinajstić information content (AvgIpc) is 2.82. The van der Waals surface area contributed by atoms with Gasteiger partial charge in [-0.1, -0.05) is 94.5 Å². The van der Waals surface area contributed by atoms with Crippen molar-refractivity contribution < 1.29 is 13.5 Å². The highest BCUT2D eigenvalue weighted by Gasteiger charge is 2.16. The molecule has 0 bridgehead atoms. The Kier molecular flexibility index (Phi) is 9.27. The molecule has 0 amide bonds. The van der Waals surface area contributed by atoms with Crippen molar-refractivity contribution in [3.8, 4) is 28.0 Å². The molecular formula is C29H34F2O. The van der Waals surface area contributed by atoms with Crippen LogP contribution in [0, 0.1) is 11.6 Å². The second-order valence-electron chi connectivity index (χ2n) is 8.38. The molecule has 0 unspecified atom stereocenters. The van der Waals surface area contributed by atoms with Gasteiger partial charge >= 0.3 is 0 Å². The fraction of sp³-hybridized carbons (Fsp3) is 0.379. The highest BCUT2D eigenvalue weighted by Crippen LogP contribution is 2.31. The molecule has 32 heavy (non-hydrogen) atoms. The minimum Gasteiger partial charge on any atom is -0.490 e. The lowest BCUT2D eigenvalue weighted by Crippen LogP contribution is -2.01. The first-order valence-corrected chi connectivity index (χ1v) is 11.9. The third-order valence-electron chi connectivity index (χ3n) is 5.85. The number of rotatable bonds is 12. The standard InChI is InChI=1S/C29H34F2O/c1-3-5-7-9-21-32-27-20-19-26(28(30)29(27)31)25-17-15-24(16-18-25)23-13-11-22(12-14-23)10-8-6-4-2/h11-20H,3-10,21H2,1-2H3. The summed E-state index contributed by atoms with van der Waals surface area (Å²) >= 11 is 0. The van der Waals surface area contributed by atoms with Crippen molar-refractivity contribution in [2.24, 2.45) is 0 Å². The van der Waals surface area contributed by atoms with E-state index in [0.717, 1.165) is 43.2 Å². The van der Waals surface area contributed by atoms with Crippen molar-refractivity contribution >= 4 is 0 Å². The highest BCUT2D eigenvalue weighted by atomic mass is 19.2. The van der Waals surface area contributed by atoms with Gasteiger partial charge in [0.2, 0.25) is 5.82 Å². The van der Waals surface area contributed by atoms with E-state index in [0.29, 0.717) is 12.2 Å². The van der Waals surface area contributed by atoms with Crippen molar-refractivity contribution in [2.75, 3.05) is 6.61 Å². The van der Waals surface area contributed by atoms with Crippen LogP contribution in [0.4, 0.5) is 8.78 Å². The van der Waals surface area contributed by atoms with Crippen molar-refractivity contribution in [3.63, 3.8) is 0 Å². The van der Waals surface area contributed by atoms with Crippen molar-refractivity contribution in [3.05, 3.63) is 77.9 Å². The van der Waals surface area contributed by atoms with Crippen molar-refractivity contribution in [1.29, 1.82) is 0 Å². The lowest BCUT2D eigenvalue weighted by molar-refractivity contribution is 0.285. The largest absolute Gasteiger partial charge is 0.490 e. The van der Waals surface area contributed by atoms with Gasteiger partial charge in [-0.15, -0.1) is 0 Å². The summed E-state index contributed by atoms with van der Waals surface area (Å²) in [7, 11) is 0. The number of aryl methyl sites for hydroxylation is 1. The molecule has 0 heterocycles. The summed E-state index contributed by atoms with van der Waals surface area (Å²) < 4.78 is 34.7. The molecule has 1 nitrogen and oxygen atoms in total. The van der Waals surface area contributed by atoms with Gasteiger partial charge in [0.1, 0.15) is 0 Å². The molecule has 0 aromatic heterocycles. The van der Waals surface area contributed by atoms with Crippen LogP contribution in [-0.2, 0) is 6.42 Å². The highest BCUT2D eigenvalue weighted by molar-refractivity contribution is 5.71. The van der Waals surface area contributed by atoms with Gasteiger partial charge in [0.05, 0.1) is 6.61 Å². The van der Waals surface area contributed by atoms with E-state index in [1.807, 2.05) is 24.3 Å². The predicted molar refractivity (Wildman–Crippen MR) is 130 cm³/mol. The van der Waals surface area contributed by atoms with E-state index in [1.165, 1.54) is 30.9 Å². The molecule has 0 spiro atoms. The van der Waals surface area contributed by atoms with Crippen LogP contribution in [0.2, 0.25) is 0 Å². The Balaban J connectivity index is 1.67. The normalized spacial score (nSPS) is 11.0. The van der Waals surface area contributed by atoms with Crippen LogP contribution >= 0.6 is 0 Å². The molecule has 0 aliphatic rings. The molecule has 170 valence electrons. The van der Waals surface area contributed by atoms with E-state index in [9.17, 15) is 8.78 Å². The molecule has 3 rings (SSSR count). The minimum atomic E-state index is -0.916. The smallest absolute Gasteiger partial charge is 0.201 e. The number of halogens is 2. The monoisotopic (exact) mass is 436 g/mol. The first-order valence-electron chi connectivity index (χ1n) is 11.9. The molecule has 0 aliphatic carbocycles. The average molecular weight is 437 g/mol. The maximum absolute atomic E-state index is 14.7. The van der Waals surface area contributed by atoms with Gasteiger partial charge in [-0.25, -0.2) is 4.39 Å². The Bertz CT molecular complexity index is 962. The van der Waals surface area contributed by atoms with Gasteiger partial charge in [0, 0.05) is 5.56 Å². The van der Waals surface area contributed by atoms with E-state index >= 15 is 0 Å². The number of benzene rings is 3. The Morgan fingerprint density at radius 2 is 1.19 bits per heavy atom. The topological polar surface area (TPSA) is 9.23 Å². The molecule has 0 aliphatic heterocycles. The Morgan fingerprint density at radius 3 is 1.84 bits per heavy atom. The zero-order valence-corrected chi connectivity index (χ0v) is 19.3. The fourth-order valence-electron chi connectivity index (χ4n) is 3.86. The molecule has 0 saturated heterocycles. The maximum Gasteiger partial charge on any atom is 0.201 e. The van der Waals surface area contributed by atoms with Gasteiger partial charge in [0.15, 0.2) is 11.6 Å². The van der Waals surface area contributed by atoms with Gasteiger partial charge in [-0.2, -0.15) is 4.39 Å². The number of unbranched alkanes of at least 4 members (excludes halogenated alkanes) is 5. The molecule has 3 heteroatoms. The van der Waals surface area contributed by atoms with Crippen LogP contribution in [0.25, 0.3) is 22.3 Å². The minimum absolute atomic E-state index is 0.0154. The molecule has 0 radical (unpaired) electrons. The summed E-state index contributed by atoms with van der Waals surface area (Å²) in [6.07, 6.45) is 8.94. The summed E-state index contributed by atoms with van der Waals surface area (Å²) in [4.78, 5) is 0. The van der Waals surface area contributed by atoms with E-state index in [4.69, 9.17) is 4.74 Å². The Hall–Kier alpha value is -2.68. The van der Waals surface area contributed by atoms with E-state index in [1.54, 1.807) is 6.07 Å². The van der Waals surface area contributed by atoms with E-state index in [-0.39, 0.29) is 11.3 Å². The lowest BCUT2D eigenvalue weighted by atomic mass is 9.98. The molecule has 0 fully saturated rings. The maximum atomic E-state index is 14.7. The second-order valence-corrected chi connectivity index (χ2v) is 8.38. The molecular weight excluding hydrogens is 402 g/mol. The number of hydrogen-bond acceptors (Lipinski definition) is 1.